The molecule has 0 N–H and O–H groups in total. The number of carbonyl (C=O) groups excluding carboxylic acids is 3. The first-order valence-corrected chi connectivity index (χ1v) is 11.2. The summed E-state index contributed by atoms with van der Waals surface area (Å²) in [5.41, 5.74) is 0. The Kier molecular flexibility index (Phi) is 6.62. The van der Waals surface area contributed by atoms with Gasteiger partial charge >= 0.3 is 11.8 Å². The molecule has 11 heteroatoms. The number of aromatic nitrogens is 2. The lowest BCUT2D eigenvalue weighted by molar-refractivity contribution is -0.154. The van der Waals surface area contributed by atoms with Gasteiger partial charge in [-0.05, 0) is 12.1 Å². The Morgan fingerprint density at radius 3 is 2.26 bits per heavy atom. The van der Waals surface area contributed by atoms with Gasteiger partial charge in [-0.3, -0.25) is 14.4 Å². The third-order valence-electron chi connectivity index (χ3n) is 5.33. The van der Waals surface area contributed by atoms with Gasteiger partial charge in [-0.15, -0.1) is 0 Å². The van der Waals surface area contributed by atoms with Crippen molar-refractivity contribution >= 4 is 29.5 Å². The Morgan fingerprint density at radius 2 is 1.61 bits per heavy atom. The zero-order chi connectivity index (χ0) is 21.8. The number of hydrogen-bond donors (Lipinski definition) is 0. The normalized spacial score (nSPS) is 17.1. The number of nitrogens with zero attached hydrogens (tertiary/aromatic N) is 5. The van der Waals surface area contributed by atoms with Crippen LogP contribution in [0.2, 0.25) is 0 Å². The molecule has 0 atom stereocenters. The number of aryl methyl sites for hydroxylation is 1. The highest BCUT2D eigenvalue weighted by Gasteiger charge is 2.32. The number of ether oxygens (including phenoxy) is 1. The van der Waals surface area contributed by atoms with Gasteiger partial charge < -0.3 is 28.4 Å². The molecule has 2 aliphatic rings. The summed E-state index contributed by atoms with van der Waals surface area (Å²) in [6.07, 6.45) is 3.61. The number of morpholine rings is 1. The van der Waals surface area contributed by atoms with Crippen molar-refractivity contribution in [3.63, 3.8) is 0 Å². The molecule has 166 valence electrons. The number of furan rings is 1. The van der Waals surface area contributed by atoms with Gasteiger partial charge in [-0.25, -0.2) is 4.98 Å². The number of rotatable bonds is 4. The first-order chi connectivity index (χ1) is 15.0. The maximum absolute atomic E-state index is 12.8. The summed E-state index contributed by atoms with van der Waals surface area (Å²) in [5.74, 6) is 0.328. The molecular formula is C20H25N5O5S. The second-order valence-corrected chi connectivity index (χ2v) is 8.31. The first kappa shape index (κ1) is 21.4. The summed E-state index contributed by atoms with van der Waals surface area (Å²) < 4.78 is 12.9. The summed E-state index contributed by atoms with van der Waals surface area (Å²) in [4.78, 5) is 46.6. The minimum absolute atomic E-state index is 0.208. The van der Waals surface area contributed by atoms with E-state index in [1.165, 1.54) is 21.6 Å². The Balaban J connectivity index is 1.27. The molecule has 10 nitrogen and oxygen atoms in total. The van der Waals surface area contributed by atoms with Crippen LogP contribution in [0, 0.1) is 0 Å². The molecule has 2 aliphatic heterocycles. The van der Waals surface area contributed by atoms with Crippen LogP contribution in [0.1, 0.15) is 16.3 Å². The van der Waals surface area contributed by atoms with Gasteiger partial charge in [0.2, 0.25) is 0 Å². The molecule has 4 heterocycles. The summed E-state index contributed by atoms with van der Waals surface area (Å²) >= 11 is 1.53. The highest BCUT2D eigenvalue weighted by molar-refractivity contribution is 7.98. The SMILES string of the molecule is Cn1ccnc1SCc1ccc(C(=O)N2CCN(C(=O)C(=O)N3CCOCC3)CC2)o1. The molecule has 0 aromatic carbocycles. The molecule has 3 amide bonds. The van der Waals surface area contributed by atoms with Gasteiger partial charge in [0.05, 0.1) is 19.0 Å². The molecule has 0 unspecified atom stereocenters. The van der Waals surface area contributed by atoms with Crippen LogP contribution >= 0.6 is 11.8 Å². The minimum Gasteiger partial charge on any atom is -0.455 e. The van der Waals surface area contributed by atoms with E-state index in [1.807, 2.05) is 17.8 Å². The van der Waals surface area contributed by atoms with Crippen LogP contribution < -0.4 is 0 Å². The smallest absolute Gasteiger partial charge is 0.312 e. The molecule has 0 saturated carbocycles. The van der Waals surface area contributed by atoms with E-state index in [-0.39, 0.29) is 11.7 Å². The Hall–Kier alpha value is -2.79. The average Bonchev–Trinajstić information content (AvgIpc) is 3.45. The van der Waals surface area contributed by atoms with E-state index in [0.29, 0.717) is 64.0 Å². The second-order valence-electron chi connectivity index (χ2n) is 7.36. The Labute approximate surface area is 184 Å². The van der Waals surface area contributed by atoms with E-state index in [1.54, 1.807) is 23.2 Å². The topological polar surface area (TPSA) is 101 Å². The molecule has 2 saturated heterocycles. The van der Waals surface area contributed by atoms with Gasteiger partial charge in [-0.2, -0.15) is 0 Å². The second kappa shape index (κ2) is 9.56. The number of imidazole rings is 1. The van der Waals surface area contributed by atoms with Gasteiger partial charge in [0.1, 0.15) is 5.76 Å². The molecule has 0 aliphatic carbocycles. The Morgan fingerprint density at radius 1 is 0.968 bits per heavy atom. The molecular weight excluding hydrogens is 422 g/mol. The van der Waals surface area contributed by atoms with E-state index in [9.17, 15) is 14.4 Å². The molecule has 0 radical (unpaired) electrons. The van der Waals surface area contributed by atoms with Crippen molar-refractivity contribution in [2.45, 2.75) is 10.9 Å². The van der Waals surface area contributed by atoms with Crippen LogP contribution in [-0.4, -0.2) is 94.5 Å². The van der Waals surface area contributed by atoms with Gasteiger partial charge in [0.25, 0.3) is 5.91 Å². The molecule has 2 fully saturated rings. The van der Waals surface area contributed by atoms with E-state index in [4.69, 9.17) is 9.15 Å². The molecule has 4 rings (SSSR count). The fourth-order valence-corrected chi connectivity index (χ4v) is 4.33. The first-order valence-electron chi connectivity index (χ1n) is 10.2. The van der Waals surface area contributed by atoms with E-state index in [0.717, 1.165) is 5.16 Å². The summed E-state index contributed by atoms with van der Waals surface area (Å²) in [6, 6.07) is 3.47. The largest absolute Gasteiger partial charge is 0.455 e. The fourth-order valence-electron chi connectivity index (χ4n) is 3.50. The zero-order valence-electron chi connectivity index (χ0n) is 17.4. The van der Waals surface area contributed by atoms with Gasteiger partial charge in [-0.1, -0.05) is 11.8 Å². The van der Waals surface area contributed by atoms with Crippen molar-refractivity contribution < 1.29 is 23.5 Å². The quantitative estimate of drug-likeness (QED) is 0.495. The molecule has 0 bridgehead atoms. The summed E-state index contributed by atoms with van der Waals surface area (Å²) in [5, 5.41) is 0.872. The monoisotopic (exact) mass is 447 g/mol. The lowest BCUT2D eigenvalue weighted by Crippen LogP contribution is -2.55. The van der Waals surface area contributed by atoms with Crippen LogP contribution in [-0.2, 0) is 27.1 Å². The van der Waals surface area contributed by atoms with Crippen LogP contribution in [0.5, 0.6) is 0 Å². The minimum atomic E-state index is -0.513. The van der Waals surface area contributed by atoms with Crippen molar-refractivity contribution in [3.05, 3.63) is 36.0 Å². The number of carbonyl (C=O) groups is 3. The van der Waals surface area contributed by atoms with E-state index >= 15 is 0 Å². The summed E-state index contributed by atoms with van der Waals surface area (Å²) in [6.45, 7) is 3.13. The Bertz CT molecular complexity index is 943. The van der Waals surface area contributed by atoms with E-state index < -0.39 is 11.8 Å². The standard InChI is InChI=1S/C20H25N5O5S/c1-22-5-4-21-20(22)31-14-15-2-3-16(30-15)17(26)23-6-8-24(9-7-23)18(27)19(28)25-10-12-29-13-11-25/h2-5H,6-14H2,1H3. The average molecular weight is 448 g/mol. The third-order valence-corrected chi connectivity index (χ3v) is 6.41. The molecule has 2 aromatic rings. The van der Waals surface area contributed by atoms with Crippen molar-refractivity contribution in [2.24, 2.45) is 7.05 Å². The predicted molar refractivity (Wildman–Crippen MR) is 111 cm³/mol. The fraction of sp³-hybridized carbons (Fsp3) is 0.500. The van der Waals surface area contributed by atoms with Crippen LogP contribution in [0.4, 0.5) is 0 Å². The van der Waals surface area contributed by atoms with Gasteiger partial charge in [0, 0.05) is 58.7 Å². The number of hydrogen-bond acceptors (Lipinski definition) is 7. The third kappa shape index (κ3) is 4.93. The molecule has 0 spiro atoms. The van der Waals surface area contributed by atoms with Gasteiger partial charge in [0.15, 0.2) is 10.9 Å². The van der Waals surface area contributed by atoms with Crippen molar-refractivity contribution in [1.29, 1.82) is 0 Å². The van der Waals surface area contributed by atoms with Crippen molar-refractivity contribution in [2.75, 3.05) is 52.5 Å². The number of piperazine rings is 1. The maximum Gasteiger partial charge on any atom is 0.312 e. The van der Waals surface area contributed by atoms with Crippen molar-refractivity contribution in [1.82, 2.24) is 24.3 Å². The molecule has 2 aromatic heterocycles. The lowest BCUT2D eigenvalue weighted by atomic mass is 10.2. The number of amides is 3. The van der Waals surface area contributed by atoms with Crippen molar-refractivity contribution in [3.8, 4) is 0 Å². The highest BCUT2D eigenvalue weighted by atomic mass is 32.2. The maximum atomic E-state index is 12.8. The predicted octanol–water partition coefficient (Wildman–Crippen LogP) is 0.449. The molecule has 31 heavy (non-hydrogen) atoms. The highest BCUT2D eigenvalue weighted by Crippen LogP contribution is 2.22. The van der Waals surface area contributed by atoms with Crippen LogP contribution in [0.3, 0.4) is 0 Å². The van der Waals surface area contributed by atoms with Crippen LogP contribution in [0.25, 0.3) is 0 Å². The number of thioether (sulfide) groups is 1. The lowest BCUT2D eigenvalue weighted by Gasteiger charge is -2.35. The zero-order valence-corrected chi connectivity index (χ0v) is 18.2. The summed E-state index contributed by atoms with van der Waals surface area (Å²) in [7, 11) is 1.92. The van der Waals surface area contributed by atoms with E-state index in [2.05, 4.69) is 4.98 Å². The van der Waals surface area contributed by atoms with Crippen LogP contribution in [0.15, 0.2) is 34.1 Å².